The van der Waals surface area contributed by atoms with Gasteiger partial charge in [-0.1, -0.05) is 0 Å². The van der Waals surface area contributed by atoms with E-state index >= 15 is 0 Å². The van der Waals surface area contributed by atoms with Crippen molar-refractivity contribution in [1.29, 1.82) is 0 Å². The number of anilines is 2. The molecule has 224 valence electrons. The number of carbonyl (C=O) groups excluding carboxylic acids is 1. The van der Waals surface area contributed by atoms with E-state index in [1.165, 1.54) is 15.1 Å². The van der Waals surface area contributed by atoms with Crippen LogP contribution in [0.5, 0.6) is 5.75 Å². The Morgan fingerprint density at radius 2 is 1.93 bits per heavy atom. The molecule has 4 aromatic heterocycles. The molecule has 43 heavy (non-hydrogen) atoms. The second kappa shape index (κ2) is 10.4. The van der Waals surface area contributed by atoms with Crippen LogP contribution in [-0.2, 0) is 18.4 Å². The van der Waals surface area contributed by atoms with Crippen LogP contribution >= 0.6 is 0 Å². The number of imidazole rings is 1. The van der Waals surface area contributed by atoms with Gasteiger partial charge in [-0.25, -0.2) is 13.6 Å². The highest BCUT2D eigenvalue weighted by Crippen LogP contribution is 2.31. The van der Waals surface area contributed by atoms with E-state index in [2.05, 4.69) is 20.3 Å². The standard InChI is InChI=1S/C28H29F2N9O4/c1-35-24-20-14-18(21-3-2-12-42-21)34-39(20)27(31)33-25(24)38(28(35)41)11-8-36-6-9-37(10-7-36)19-15-23(17(30)13-16(19)29)43-22-4-5-32-26(22)40/h2-3,12-15,22H,4-11H2,1H3,(H2,31,33)(H,32,40)/t22-/m1/s1. The molecular weight excluding hydrogens is 564 g/mol. The largest absolute Gasteiger partial charge is 0.477 e. The SMILES string of the molecule is Cn1c(=O)n(CCN2CCN(c3cc(O[C@@H]4CCNC4=O)c(F)cc3F)CC2)c2nc(N)n3nc(-c4ccco4)cc3c21. The number of fused-ring (bicyclic) bond motifs is 3. The fourth-order valence-electron chi connectivity index (χ4n) is 5.81. The zero-order valence-electron chi connectivity index (χ0n) is 23.3. The van der Waals surface area contributed by atoms with E-state index in [9.17, 15) is 18.4 Å². The molecule has 6 heterocycles. The molecule has 0 unspecified atom stereocenters. The van der Waals surface area contributed by atoms with E-state index in [4.69, 9.17) is 14.9 Å². The van der Waals surface area contributed by atoms with Crippen molar-refractivity contribution >= 4 is 34.2 Å². The van der Waals surface area contributed by atoms with E-state index in [0.29, 0.717) is 80.4 Å². The summed E-state index contributed by atoms with van der Waals surface area (Å²) in [5.41, 5.74) is 8.51. The lowest BCUT2D eigenvalue weighted by atomic mass is 10.2. The molecule has 0 spiro atoms. The number of nitrogens with one attached hydrogen (secondary N) is 1. The van der Waals surface area contributed by atoms with Crippen LogP contribution in [0.1, 0.15) is 6.42 Å². The quantitative estimate of drug-likeness (QED) is 0.288. The number of carbonyl (C=O) groups is 1. The lowest BCUT2D eigenvalue weighted by Gasteiger charge is -2.36. The minimum atomic E-state index is -0.847. The van der Waals surface area contributed by atoms with Crippen molar-refractivity contribution in [2.75, 3.05) is 49.9 Å². The summed E-state index contributed by atoms with van der Waals surface area (Å²) in [4.78, 5) is 33.7. The molecule has 0 saturated carbocycles. The van der Waals surface area contributed by atoms with Crippen LogP contribution < -0.4 is 26.4 Å². The van der Waals surface area contributed by atoms with Crippen molar-refractivity contribution < 1.29 is 22.7 Å². The number of benzene rings is 1. The minimum absolute atomic E-state index is 0.145. The maximum Gasteiger partial charge on any atom is 0.330 e. The second-order valence-electron chi connectivity index (χ2n) is 10.7. The Bertz CT molecular complexity index is 1910. The van der Waals surface area contributed by atoms with Gasteiger partial charge in [-0.15, -0.1) is 0 Å². The van der Waals surface area contributed by atoms with Crippen molar-refractivity contribution in [2.45, 2.75) is 19.1 Å². The smallest absolute Gasteiger partial charge is 0.330 e. The highest BCUT2D eigenvalue weighted by molar-refractivity contribution is 5.91. The number of aryl methyl sites for hydroxylation is 1. The summed E-state index contributed by atoms with van der Waals surface area (Å²) >= 11 is 0. The number of nitrogens with two attached hydrogens (primary N) is 1. The average molecular weight is 594 g/mol. The van der Waals surface area contributed by atoms with Gasteiger partial charge >= 0.3 is 5.69 Å². The zero-order valence-corrected chi connectivity index (χ0v) is 23.3. The van der Waals surface area contributed by atoms with Crippen LogP contribution in [0.15, 0.2) is 45.8 Å². The van der Waals surface area contributed by atoms with Crippen LogP contribution in [0.3, 0.4) is 0 Å². The van der Waals surface area contributed by atoms with Crippen LogP contribution in [-0.4, -0.2) is 79.9 Å². The summed E-state index contributed by atoms with van der Waals surface area (Å²) in [6.45, 7) is 3.51. The van der Waals surface area contributed by atoms with Gasteiger partial charge in [0.15, 0.2) is 29.1 Å². The molecule has 2 aliphatic heterocycles. The molecule has 15 heteroatoms. The van der Waals surface area contributed by atoms with Crippen molar-refractivity contribution in [3.8, 4) is 17.2 Å². The van der Waals surface area contributed by atoms with Gasteiger partial charge in [0.25, 0.3) is 5.91 Å². The van der Waals surface area contributed by atoms with Crippen molar-refractivity contribution in [3.63, 3.8) is 0 Å². The lowest BCUT2D eigenvalue weighted by molar-refractivity contribution is -0.125. The van der Waals surface area contributed by atoms with E-state index in [1.807, 2.05) is 11.0 Å². The summed E-state index contributed by atoms with van der Waals surface area (Å²) in [5.74, 6) is -1.28. The Hall–Kier alpha value is -4.92. The van der Waals surface area contributed by atoms with Crippen LogP contribution in [0.2, 0.25) is 0 Å². The number of hydrogen-bond donors (Lipinski definition) is 2. The molecule has 0 aliphatic carbocycles. The molecule has 2 fully saturated rings. The number of furan rings is 1. The van der Waals surface area contributed by atoms with Gasteiger partial charge in [-0.05, 0) is 18.2 Å². The molecular formula is C28H29F2N9O4. The summed E-state index contributed by atoms with van der Waals surface area (Å²) in [7, 11) is 1.69. The number of amides is 1. The Morgan fingerprint density at radius 1 is 1.12 bits per heavy atom. The van der Waals surface area contributed by atoms with Gasteiger partial charge in [-0.2, -0.15) is 14.6 Å². The fourth-order valence-corrected chi connectivity index (χ4v) is 5.81. The molecule has 0 bridgehead atoms. The number of rotatable bonds is 7. The van der Waals surface area contributed by atoms with E-state index in [-0.39, 0.29) is 29.0 Å². The first kappa shape index (κ1) is 26.9. The first-order valence-electron chi connectivity index (χ1n) is 14.0. The molecule has 1 aromatic carbocycles. The number of nitrogens with zero attached hydrogens (tertiary/aromatic N) is 7. The van der Waals surface area contributed by atoms with E-state index in [1.54, 1.807) is 30.0 Å². The van der Waals surface area contributed by atoms with Gasteiger partial charge in [0.1, 0.15) is 17.0 Å². The summed E-state index contributed by atoms with van der Waals surface area (Å²) in [5, 5.41) is 7.15. The highest BCUT2D eigenvalue weighted by atomic mass is 19.1. The van der Waals surface area contributed by atoms with Gasteiger partial charge < -0.3 is 25.1 Å². The van der Waals surface area contributed by atoms with Crippen LogP contribution in [0.4, 0.5) is 20.4 Å². The predicted octanol–water partition coefficient (Wildman–Crippen LogP) is 1.59. The Labute approximate surface area is 243 Å². The second-order valence-corrected chi connectivity index (χ2v) is 10.7. The molecule has 1 amide bonds. The maximum atomic E-state index is 14.8. The minimum Gasteiger partial charge on any atom is -0.477 e. The van der Waals surface area contributed by atoms with Crippen molar-refractivity contribution in [1.82, 2.24) is 33.9 Å². The zero-order chi connectivity index (χ0) is 29.8. The third-order valence-electron chi connectivity index (χ3n) is 8.11. The van der Waals surface area contributed by atoms with Gasteiger partial charge in [0.05, 0.1) is 17.5 Å². The number of halogens is 2. The Balaban J connectivity index is 1.07. The number of ether oxygens (including phenoxy) is 1. The molecule has 13 nitrogen and oxygen atoms in total. The normalized spacial score (nSPS) is 17.8. The van der Waals surface area contributed by atoms with E-state index < -0.39 is 17.7 Å². The highest BCUT2D eigenvalue weighted by Gasteiger charge is 2.29. The fraction of sp³-hybridized carbons (Fsp3) is 0.357. The number of aromatic nitrogens is 5. The van der Waals surface area contributed by atoms with Gasteiger partial charge in [0.2, 0.25) is 5.95 Å². The average Bonchev–Trinajstić information content (AvgIpc) is 3.79. The summed E-state index contributed by atoms with van der Waals surface area (Å²) in [6.07, 6.45) is 1.18. The van der Waals surface area contributed by atoms with Gasteiger partial charge in [-0.3, -0.25) is 18.8 Å². The van der Waals surface area contributed by atoms with Gasteiger partial charge in [0, 0.05) is 71.4 Å². The summed E-state index contributed by atoms with van der Waals surface area (Å²) in [6, 6.07) is 7.50. The summed E-state index contributed by atoms with van der Waals surface area (Å²) < 4.78 is 44.9. The number of piperazine rings is 1. The Kier molecular flexibility index (Phi) is 6.53. The van der Waals surface area contributed by atoms with Crippen molar-refractivity contribution in [2.24, 2.45) is 7.05 Å². The predicted molar refractivity (Wildman–Crippen MR) is 153 cm³/mol. The first-order chi connectivity index (χ1) is 20.8. The molecule has 3 N–H and O–H groups in total. The van der Waals surface area contributed by atoms with Crippen LogP contribution in [0, 0.1) is 11.6 Å². The molecule has 5 aromatic rings. The lowest BCUT2D eigenvalue weighted by Crippen LogP contribution is -2.47. The first-order valence-corrected chi connectivity index (χ1v) is 14.0. The molecule has 1 atom stereocenters. The molecule has 2 saturated heterocycles. The molecule has 2 aliphatic rings. The monoisotopic (exact) mass is 593 g/mol. The van der Waals surface area contributed by atoms with Crippen molar-refractivity contribution in [3.05, 3.63) is 58.7 Å². The molecule has 0 radical (unpaired) electrons. The third kappa shape index (κ3) is 4.65. The maximum absolute atomic E-state index is 14.8. The molecule has 7 rings (SSSR count). The van der Waals surface area contributed by atoms with Crippen LogP contribution in [0.25, 0.3) is 28.1 Å². The number of hydrogen-bond acceptors (Lipinski definition) is 9. The topological polar surface area (TPSA) is 141 Å². The third-order valence-corrected chi connectivity index (χ3v) is 8.11. The number of nitrogen functional groups attached to an aromatic ring is 1. The Morgan fingerprint density at radius 3 is 2.65 bits per heavy atom. The van der Waals surface area contributed by atoms with E-state index in [0.717, 1.165) is 6.07 Å².